The summed E-state index contributed by atoms with van der Waals surface area (Å²) in [4.78, 5) is 19.1. The van der Waals surface area contributed by atoms with Gasteiger partial charge in [0.15, 0.2) is 3.95 Å². The maximum Gasteiger partial charge on any atom is 0.224 e. The Morgan fingerprint density at radius 3 is 3.10 bits per heavy atom. The van der Waals surface area contributed by atoms with Gasteiger partial charge in [0.25, 0.3) is 0 Å². The van der Waals surface area contributed by atoms with Crippen LogP contribution >= 0.6 is 23.6 Å². The van der Waals surface area contributed by atoms with Crippen LogP contribution in [-0.2, 0) is 11.2 Å². The fourth-order valence-electron chi connectivity index (χ4n) is 2.05. The van der Waals surface area contributed by atoms with Gasteiger partial charge in [0.05, 0.1) is 10.2 Å². The predicted molar refractivity (Wildman–Crippen MR) is 88.2 cm³/mol. The highest BCUT2D eigenvalue weighted by atomic mass is 32.1. The lowest BCUT2D eigenvalue weighted by atomic mass is 10.1. The number of hydrogen-bond acceptors (Lipinski definition) is 4. The molecule has 0 atom stereocenters. The third-order valence-electron chi connectivity index (χ3n) is 3.07. The van der Waals surface area contributed by atoms with E-state index in [1.807, 2.05) is 30.3 Å². The maximum atomic E-state index is 12.0. The van der Waals surface area contributed by atoms with Gasteiger partial charge in [-0.05, 0) is 48.5 Å². The largest absolute Gasteiger partial charge is 0.337 e. The van der Waals surface area contributed by atoms with E-state index >= 15 is 0 Å². The number of aryl methyl sites for hydroxylation is 1. The summed E-state index contributed by atoms with van der Waals surface area (Å²) in [6.07, 6.45) is 4.63. The first-order valence-corrected chi connectivity index (χ1v) is 7.75. The van der Waals surface area contributed by atoms with Gasteiger partial charge >= 0.3 is 0 Å². The highest BCUT2D eigenvalue weighted by molar-refractivity contribution is 7.73. The Balaban J connectivity index is 1.64. The zero-order valence-electron chi connectivity index (χ0n) is 11.1. The number of carbonyl (C=O) groups excluding carboxylic acids is 1. The summed E-state index contributed by atoms with van der Waals surface area (Å²) < 4.78 is 1.79. The fraction of sp³-hybridized carbons (Fsp3) is 0.133. The molecule has 6 heteroatoms. The second kappa shape index (κ2) is 6.15. The number of pyridine rings is 1. The predicted octanol–water partition coefficient (Wildman–Crippen LogP) is 3.93. The molecule has 0 saturated carbocycles. The normalized spacial score (nSPS) is 10.7. The molecule has 0 aliphatic rings. The van der Waals surface area contributed by atoms with Crippen molar-refractivity contribution in [3.63, 3.8) is 0 Å². The van der Waals surface area contributed by atoms with Gasteiger partial charge in [0, 0.05) is 24.5 Å². The molecule has 0 unspecified atom stereocenters. The third kappa shape index (κ3) is 3.53. The van der Waals surface area contributed by atoms with Gasteiger partial charge in [0.1, 0.15) is 0 Å². The first-order valence-electron chi connectivity index (χ1n) is 6.52. The van der Waals surface area contributed by atoms with Crippen LogP contribution in [-0.4, -0.2) is 15.9 Å². The van der Waals surface area contributed by atoms with Crippen LogP contribution in [0.2, 0.25) is 0 Å². The van der Waals surface area contributed by atoms with Gasteiger partial charge < -0.3 is 10.3 Å². The number of carbonyl (C=O) groups is 1. The quantitative estimate of drug-likeness (QED) is 0.717. The second-order valence-electron chi connectivity index (χ2n) is 4.63. The van der Waals surface area contributed by atoms with E-state index in [4.69, 9.17) is 12.2 Å². The van der Waals surface area contributed by atoms with Crippen LogP contribution in [0.1, 0.15) is 12.0 Å². The standard InChI is InChI=1S/C15H13N3OS2/c19-14(6-3-10-2-1-7-16-9-10)17-11-4-5-12-13(8-11)21-15(20)18-12/h1-2,4-5,7-9H,3,6H2,(H,17,19)(H,18,20). The SMILES string of the molecule is O=C(CCc1cccnc1)Nc1ccc2[nH]c(=S)sc2c1. The Bertz CT molecular complexity index is 824. The van der Waals surface area contributed by atoms with Crippen molar-refractivity contribution < 1.29 is 4.79 Å². The molecule has 3 rings (SSSR count). The monoisotopic (exact) mass is 315 g/mol. The van der Waals surface area contributed by atoms with Crippen LogP contribution in [0.5, 0.6) is 0 Å². The van der Waals surface area contributed by atoms with Crippen molar-refractivity contribution in [2.24, 2.45) is 0 Å². The molecular formula is C15H13N3OS2. The van der Waals surface area contributed by atoms with Gasteiger partial charge in [-0.25, -0.2) is 0 Å². The van der Waals surface area contributed by atoms with Crippen LogP contribution in [0, 0.1) is 3.95 Å². The molecule has 0 saturated heterocycles. The van der Waals surface area contributed by atoms with Crippen molar-refractivity contribution in [3.05, 3.63) is 52.2 Å². The molecule has 0 aliphatic heterocycles. The molecule has 0 radical (unpaired) electrons. The molecule has 4 nitrogen and oxygen atoms in total. The number of rotatable bonds is 4. The number of H-pyrrole nitrogens is 1. The summed E-state index contributed by atoms with van der Waals surface area (Å²) in [7, 11) is 0. The molecule has 1 aromatic carbocycles. The highest BCUT2D eigenvalue weighted by Gasteiger charge is 2.05. The van der Waals surface area contributed by atoms with Gasteiger partial charge in [-0.15, -0.1) is 11.3 Å². The van der Waals surface area contributed by atoms with Crippen molar-refractivity contribution >= 4 is 45.4 Å². The van der Waals surface area contributed by atoms with Crippen LogP contribution in [0.15, 0.2) is 42.7 Å². The molecule has 0 bridgehead atoms. The van der Waals surface area contributed by atoms with E-state index in [-0.39, 0.29) is 5.91 Å². The number of nitrogens with zero attached hydrogens (tertiary/aromatic N) is 1. The Morgan fingerprint density at radius 1 is 1.38 bits per heavy atom. The zero-order chi connectivity index (χ0) is 14.7. The maximum absolute atomic E-state index is 12.0. The Labute approximate surface area is 130 Å². The Hall–Kier alpha value is -2.05. The number of benzene rings is 1. The number of thiazole rings is 1. The molecule has 3 aromatic rings. The van der Waals surface area contributed by atoms with Crippen molar-refractivity contribution in [1.29, 1.82) is 0 Å². The lowest BCUT2D eigenvalue weighted by Crippen LogP contribution is -2.12. The Morgan fingerprint density at radius 2 is 2.29 bits per heavy atom. The first kappa shape index (κ1) is 13.9. The van der Waals surface area contributed by atoms with E-state index in [2.05, 4.69) is 15.3 Å². The minimum atomic E-state index is -0.00247. The van der Waals surface area contributed by atoms with E-state index in [1.165, 1.54) is 11.3 Å². The van der Waals surface area contributed by atoms with Gasteiger partial charge in [-0.1, -0.05) is 6.07 Å². The molecule has 2 N–H and O–H groups in total. The summed E-state index contributed by atoms with van der Waals surface area (Å²) in [5.74, 6) is -0.00247. The summed E-state index contributed by atoms with van der Waals surface area (Å²) in [5, 5.41) is 2.91. The lowest BCUT2D eigenvalue weighted by molar-refractivity contribution is -0.116. The van der Waals surface area contributed by atoms with E-state index in [1.54, 1.807) is 12.4 Å². The van der Waals surface area contributed by atoms with Crippen LogP contribution in [0.25, 0.3) is 10.2 Å². The van der Waals surface area contributed by atoms with E-state index in [0.717, 1.165) is 25.4 Å². The second-order valence-corrected chi connectivity index (χ2v) is 6.35. The molecule has 0 fully saturated rings. The summed E-state index contributed by atoms with van der Waals surface area (Å²) >= 11 is 6.61. The van der Waals surface area contributed by atoms with Gasteiger partial charge in [0.2, 0.25) is 5.91 Å². The van der Waals surface area contributed by atoms with Gasteiger partial charge in [-0.3, -0.25) is 9.78 Å². The van der Waals surface area contributed by atoms with Crippen LogP contribution in [0.3, 0.4) is 0 Å². The highest BCUT2D eigenvalue weighted by Crippen LogP contribution is 2.23. The smallest absolute Gasteiger partial charge is 0.224 e. The number of fused-ring (bicyclic) bond motifs is 1. The van der Waals surface area contributed by atoms with Crippen molar-refractivity contribution in [2.45, 2.75) is 12.8 Å². The molecule has 2 heterocycles. The van der Waals surface area contributed by atoms with Crippen LogP contribution in [0.4, 0.5) is 5.69 Å². The van der Waals surface area contributed by atoms with E-state index in [0.29, 0.717) is 12.8 Å². The van der Waals surface area contributed by atoms with Crippen molar-refractivity contribution in [1.82, 2.24) is 9.97 Å². The van der Waals surface area contributed by atoms with Crippen LogP contribution < -0.4 is 5.32 Å². The minimum Gasteiger partial charge on any atom is -0.337 e. The Kier molecular flexibility index (Phi) is 4.08. The average molecular weight is 315 g/mol. The summed E-state index contributed by atoms with van der Waals surface area (Å²) in [6, 6.07) is 9.59. The average Bonchev–Trinajstić information content (AvgIpc) is 2.85. The molecule has 106 valence electrons. The van der Waals surface area contributed by atoms with E-state index < -0.39 is 0 Å². The molecule has 0 spiro atoms. The number of nitrogens with one attached hydrogen (secondary N) is 2. The lowest BCUT2D eigenvalue weighted by Gasteiger charge is -2.05. The van der Waals surface area contributed by atoms with E-state index in [9.17, 15) is 4.79 Å². The first-order chi connectivity index (χ1) is 10.2. The molecule has 1 amide bonds. The van der Waals surface area contributed by atoms with Crippen molar-refractivity contribution in [3.8, 4) is 0 Å². The number of amides is 1. The molecule has 0 aliphatic carbocycles. The number of aromatic nitrogens is 2. The fourth-order valence-corrected chi connectivity index (χ4v) is 3.21. The van der Waals surface area contributed by atoms with Crippen molar-refractivity contribution in [2.75, 3.05) is 5.32 Å². The topological polar surface area (TPSA) is 57.8 Å². The zero-order valence-corrected chi connectivity index (χ0v) is 12.8. The molecule has 2 aromatic heterocycles. The summed E-state index contributed by atoms with van der Waals surface area (Å²) in [5.41, 5.74) is 2.86. The summed E-state index contributed by atoms with van der Waals surface area (Å²) in [6.45, 7) is 0. The minimum absolute atomic E-state index is 0.00247. The number of aromatic amines is 1. The molecular weight excluding hydrogens is 302 g/mol. The third-order valence-corrected chi connectivity index (χ3v) is 4.27. The number of anilines is 1. The van der Waals surface area contributed by atoms with Gasteiger partial charge in [-0.2, -0.15) is 0 Å². The number of hydrogen-bond donors (Lipinski definition) is 2. The molecule has 21 heavy (non-hydrogen) atoms.